The van der Waals surface area contributed by atoms with Crippen LogP contribution in [0.15, 0.2) is 29.2 Å². The van der Waals surface area contributed by atoms with Gasteiger partial charge in [0.25, 0.3) is 0 Å². The fourth-order valence-electron chi connectivity index (χ4n) is 1.43. The highest BCUT2D eigenvalue weighted by Gasteiger charge is 2.21. The molecule has 0 heterocycles. The number of aryl methyl sites for hydroxylation is 1. The first kappa shape index (κ1) is 14.2. The van der Waals surface area contributed by atoms with Crippen LogP contribution in [-0.4, -0.2) is 26.2 Å². The van der Waals surface area contributed by atoms with E-state index in [1.54, 1.807) is 18.2 Å². The molecule has 0 bridgehead atoms. The van der Waals surface area contributed by atoms with Gasteiger partial charge in [-0.2, -0.15) is 0 Å². The first-order valence-electron chi connectivity index (χ1n) is 5.56. The van der Waals surface area contributed by atoms with Gasteiger partial charge in [-0.25, -0.2) is 13.1 Å². The molecule has 1 aromatic rings. The summed E-state index contributed by atoms with van der Waals surface area (Å²) in [6.07, 6.45) is 0. The summed E-state index contributed by atoms with van der Waals surface area (Å²) < 4.78 is 26.6. The third-order valence-electron chi connectivity index (χ3n) is 2.61. The molecule has 0 fully saturated rings. The summed E-state index contributed by atoms with van der Waals surface area (Å²) in [6.45, 7) is 5.35. The second-order valence-corrected chi connectivity index (χ2v) is 6.18. The van der Waals surface area contributed by atoms with Crippen LogP contribution in [0.3, 0.4) is 0 Å². The maximum absolute atomic E-state index is 12.0. The molecule has 1 rings (SSSR count). The van der Waals surface area contributed by atoms with Gasteiger partial charge in [-0.1, -0.05) is 26.0 Å². The normalized spacial score (nSPS) is 13.9. The van der Waals surface area contributed by atoms with E-state index in [1.807, 2.05) is 26.8 Å². The number of rotatable bonds is 5. The van der Waals surface area contributed by atoms with Gasteiger partial charge in [-0.15, -0.1) is 0 Å². The molecule has 0 amide bonds. The molecule has 0 aromatic heterocycles. The maximum atomic E-state index is 12.0. The smallest absolute Gasteiger partial charge is 0.240 e. The molecule has 0 aliphatic carbocycles. The molecule has 0 aliphatic rings. The molecular formula is C12H19NO3S. The van der Waals surface area contributed by atoms with Gasteiger partial charge in [0.1, 0.15) is 0 Å². The summed E-state index contributed by atoms with van der Waals surface area (Å²) in [5, 5.41) is 9.13. The van der Waals surface area contributed by atoms with Crippen molar-refractivity contribution in [1.82, 2.24) is 4.72 Å². The third-order valence-corrected chi connectivity index (χ3v) is 4.10. The lowest BCUT2D eigenvalue weighted by molar-refractivity contribution is 0.227. The fourth-order valence-corrected chi connectivity index (χ4v) is 2.91. The number of nitrogens with one attached hydrogen (secondary N) is 1. The zero-order chi connectivity index (χ0) is 13.1. The van der Waals surface area contributed by atoms with Gasteiger partial charge in [0.2, 0.25) is 10.0 Å². The molecule has 0 saturated heterocycles. The third kappa shape index (κ3) is 3.80. The largest absolute Gasteiger partial charge is 0.395 e. The second kappa shape index (κ2) is 5.62. The molecule has 0 spiro atoms. The molecule has 17 heavy (non-hydrogen) atoms. The van der Waals surface area contributed by atoms with Gasteiger partial charge in [0.05, 0.1) is 11.5 Å². The highest BCUT2D eigenvalue weighted by Crippen LogP contribution is 2.13. The zero-order valence-corrected chi connectivity index (χ0v) is 11.2. The Kier molecular flexibility index (Phi) is 4.68. The molecule has 1 atom stereocenters. The van der Waals surface area contributed by atoms with Crippen molar-refractivity contribution in [1.29, 1.82) is 0 Å². The van der Waals surface area contributed by atoms with E-state index >= 15 is 0 Å². The molecule has 0 unspecified atom stereocenters. The molecule has 2 N–H and O–H groups in total. The standard InChI is InChI=1S/C12H19NO3S/c1-9(2)12(8-14)13-17(15,16)11-6-4-5-10(3)7-11/h4-7,9,12-14H,8H2,1-3H3/t12-/m1/s1. The summed E-state index contributed by atoms with van der Waals surface area (Å²) in [5.41, 5.74) is 0.887. The minimum Gasteiger partial charge on any atom is -0.395 e. The summed E-state index contributed by atoms with van der Waals surface area (Å²) in [4.78, 5) is 0.233. The van der Waals surface area contributed by atoms with Gasteiger partial charge in [0.15, 0.2) is 0 Å². The molecular weight excluding hydrogens is 238 g/mol. The first-order chi connectivity index (χ1) is 7.86. The van der Waals surface area contributed by atoms with E-state index in [2.05, 4.69) is 4.72 Å². The van der Waals surface area contributed by atoms with Gasteiger partial charge in [-0.05, 0) is 30.5 Å². The topological polar surface area (TPSA) is 66.4 Å². The van der Waals surface area contributed by atoms with E-state index in [0.717, 1.165) is 5.56 Å². The fraction of sp³-hybridized carbons (Fsp3) is 0.500. The lowest BCUT2D eigenvalue weighted by Gasteiger charge is -2.19. The van der Waals surface area contributed by atoms with Gasteiger partial charge in [0, 0.05) is 6.04 Å². The van der Waals surface area contributed by atoms with Crippen molar-refractivity contribution in [3.63, 3.8) is 0 Å². The lowest BCUT2D eigenvalue weighted by atomic mass is 10.1. The van der Waals surface area contributed by atoms with Gasteiger partial charge in [-0.3, -0.25) is 0 Å². The van der Waals surface area contributed by atoms with E-state index in [9.17, 15) is 8.42 Å². The molecule has 0 aliphatic heterocycles. The van der Waals surface area contributed by atoms with Crippen LogP contribution in [0.2, 0.25) is 0 Å². The number of aliphatic hydroxyl groups excluding tert-OH is 1. The van der Waals surface area contributed by atoms with Crippen molar-refractivity contribution < 1.29 is 13.5 Å². The van der Waals surface area contributed by atoms with Gasteiger partial charge < -0.3 is 5.11 Å². The van der Waals surface area contributed by atoms with Crippen molar-refractivity contribution in [2.45, 2.75) is 31.7 Å². The number of benzene rings is 1. The van der Waals surface area contributed by atoms with Crippen molar-refractivity contribution in [2.75, 3.05) is 6.61 Å². The van der Waals surface area contributed by atoms with Crippen LogP contribution in [0.4, 0.5) is 0 Å². The Labute approximate surface area is 103 Å². The highest BCUT2D eigenvalue weighted by atomic mass is 32.2. The SMILES string of the molecule is Cc1cccc(S(=O)(=O)N[C@H](CO)C(C)C)c1. The van der Waals surface area contributed by atoms with Crippen molar-refractivity contribution in [3.05, 3.63) is 29.8 Å². The first-order valence-corrected chi connectivity index (χ1v) is 7.05. The molecule has 1 aromatic carbocycles. The Morgan fingerprint density at radius 3 is 2.47 bits per heavy atom. The number of sulfonamides is 1. The van der Waals surface area contributed by atoms with Crippen molar-refractivity contribution >= 4 is 10.0 Å². The number of hydrogen-bond donors (Lipinski definition) is 2. The summed E-state index contributed by atoms with van der Waals surface area (Å²) in [7, 11) is -3.55. The summed E-state index contributed by atoms with van der Waals surface area (Å²) in [5.74, 6) is 0.0413. The van der Waals surface area contributed by atoms with E-state index < -0.39 is 16.1 Å². The van der Waals surface area contributed by atoms with E-state index in [-0.39, 0.29) is 17.4 Å². The van der Waals surface area contributed by atoms with Crippen LogP contribution >= 0.6 is 0 Å². The van der Waals surface area contributed by atoms with Crippen LogP contribution < -0.4 is 4.72 Å². The quantitative estimate of drug-likeness (QED) is 0.835. The second-order valence-electron chi connectivity index (χ2n) is 4.47. The Balaban J connectivity index is 2.96. The van der Waals surface area contributed by atoms with E-state index in [4.69, 9.17) is 5.11 Å². The van der Waals surface area contributed by atoms with Crippen LogP contribution in [-0.2, 0) is 10.0 Å². The Morgan fingerprint density at radius 2 is 2.00 bits per heavy atom. The Hall–Kier alpha value is -0.910. The summed E-state index contributed by atoms with van der Waals surface area (Å²) in [6, 6.07) is 6.24. The molecule has 0 saturated carbocycles. The lowest BCUT2D eigenvalue weighted by Crippen LogP contribution is -2.41. The number of hydrogen-bond acceptors (Lipinski definition) is 3. The minimum absolute atomic E-state index is 0.0413. The average molecular weight is 257 g/mol. The molecule has 4 nitrogen and oxygen atoms in total. The predicted molar refractivity (Wildman–Crippen MR) is 67.2 cm³/mol. The molecule has 5 heteroatoms. The summed E-state index contributed by atoms with van der Waals surface area (Å²) >= 11 is 0. The van der Waals surface area contributed by atoms with E-state index in [0.29, 0.717) is 0 Å². The van der Waals surface area contributed by atoms with Crippen molar-refractivity contribution in [2.24, 2.45) is 5.92 Å². The van der Waals surface area contributed by atoms with Crippen LogP contribution in [0.25, 0.3) is 0 Å². The zero-order valence-electron chi connectivity index (χ0n) is 10.3. The Bertz CT molecular complexity index is 468. The van der Waals surface area contributed by atoms with Crippen LogP contribution in [0.1, 0.15) is 19.4 Å². The maximum Gasteiger partial charge on any atom is 0.240 e. The van der Waals surface area contributed by atoms with Crippen molar-refractivity contribution in [3.8, 4) is 0 Å². The van der Waals surface area contributed by atoms with Crippen LogP contribution in [0.5, 0.6) is 0 Å². The minimum atomic E-state index is -3.55. The monoisotopic (exact) mass is 257 g/mol. The van der Waals surface area contributed by atoms with Crippen LogP contribution in [0, 0.1) is 12.8 Å². The van der Waals surface area contributed by atoms with E-state index in [1.165, 1.54) is 0 Å². The highest BCUT2D eigenvalue weighted by molar-refractivity contribution is 7.89. The Morgan fingerprint density at radius 1 is 1.35 bits per heavy atom. The molecule has 0 radical (unpaired) electrons. The van der Waals surface area contributed by atoms with Gasteiger partial charge >= 0.3 is 0 Å². The predicted octanol–water partition coefficient (Wildman–Crippen LogP) is 1.29. The molecule has 96 valence electrons. The number of aliphatic hydroxyl groups is 1. The average Bonchev–Trinajstić information content (AvgIpc) is 2.25.